The molecule has 1 saturated carbocycles. The second-order valence-electron chi connectivity index (χ2n) is 6.59. The molecule has 1 N–H and O–H groups in total. The van der Waals surface area contributed by atoms with Gasteiger partial charge in [-0.25, -0.2) is 9.97 Å². The van der Waals surface area contributed by atoms with Gasteiger partial charge in [0.25, 0.3) is 5.91 Å². The maximum absolute atomic E-state index is 12.3. The number of aromatic nitrogens is 2. The Morgan fingerprint density at radius 2 is 1.96 bits per heavy atom. The average Bonchev–Trinajstić information content (AvgIpc) is 3.36. The van der Waals surface area contributed by atoms with Gasteiger partial charge in [0, 0.05) is 36.3 Å². The van der Waals surface area contributed by atoms with Gasteiger partial charge in [-0.15, -0.1) is 11.3 Å². The van der Waals surface area contributed by atoms with Crippen LogP contribution in [0.4, 0.5) is 5.82 Å². The molecule has 1 amide bonds. The minimum atomic E-state index is -0.0500. The summed E-state index contributed by atoms with van der Waals surface area (Å²) in [6.45, 7) is 2.18. The Hall–Kier alpha value is -1.95. The number of thiazole rings is 1. The van der Waals surface area contributed by atoms with Crippen LogP contribution >= 0.6 is 11.3 Å². The molecule has 0 atom stereocenters. The molecule has 0 spiro atoms. The third-order valence-corrected chi connectivity index (χ3v) is 5.74. The first kappa shape index (κ1) is 15.6. The minimum Gasteiger partial charge on any atom is -0.357 e. The van der Waals surface area contributed by atoms with E-state index in [2.05, 4.69) is 32.3 Å². The van der Waals surface area contributed by atoms with Crippen molar-refractivity contribution in [1.82, 2.24) is 15.3 Å². The van der Waals surface area contributed by atoms with Gasteiger partial charge in [-0.2, -0.15) is 0 Å². The third-order valence-electron chi connectivity index (χ3n) is 4.85. The highest BCUT2D eigenvalue weighted by atomic mass is 32.1. The van der Waals surface area contributed by atoms with Crippen LogP contribution in [-0.4, -0.2) is 35.0 Å². The Morgan fingerprint density at radius 3 is 2.67 bits per heavy atom. The number of anilines is 1. The lowest BCUT2D eigenvalue weighted by Crippen LogP contribution is -2.32. The molecular weight excluding hydrogens is 320 g/mol. The lowest BCUT2D eigenvalue weighted by atomic mass is 10.2. The van der Waals surface area contributed by atoms with Crippen molar-refractivity contribution in [2.24, 2.45) is 0 Å². The summed E-state index contributed by atoms with van der Waals surface area (Å²) in [7, 11) is 0. The van der Waals surface area contributed by atoms with E-state index >= 15 is 0 Å². The molecule has 126 valence electrons. The summed E-state index contributed by atoms with van der Waals surface area (Å²) in [5.41, 5.74) is 1.49. The van der Waals surface area contributed by atoms with Gasteiger partial charge >= 0.3 is 0 Å². The molecule has 1 saturated heterocycles. The molecule has 0 unspecified atom stereocenters. The molecule has 5 nitrogen and oxygen atoms in total. The van der Waals surface area contributed by atoms with Crippen LogP contribution in [0.25, 0.3) is 10.6 Å². The fraction of sp³-hybridized carbons (Fsp3) is 0.500. The quantitative estimate of drug-likeness (QED) is 0.924. The van der Waals surface area contributed by atoms with Crippen molar-refractivity contribution in [1.29, 1.82) is 0 Å². The van der Waals surface area contributed by atoms with Crippen LogP contribution in [-0.2, 0) is 0 Å². The monoisotopic (exact) mass is 342 g/mol. The molecule has 2 aromatic rings. The lowest BCUT2D eigenvalue weighted by Gasteiger charge is -2.15. The largest absolute Gasteiger partial charge is 0.357 e. The van der Waals surface area contributed by atoms with Gasteiger partial charge in [-0.05, 0) is 37.8 Å². The van der Waals surface area contributed by atoms with E-state index in [-0.39, 0.29) is 5.91 Å². The Kier molecular flexibility index (Phi) is 4.47. The minimum absolute atomic E-state index is 0.0500. The molecule has 2 fully saturated rings. The molecule has 24 heavy (non-hydrogen) atoms. The van der Waals surface area contributed by atoms with Crippen molar-refractivity contribution in [3.8, 4) is 10.6 Å². The van der Waals surface area contributed by atoms with E-state index in [1.54, 1.807) is 0 Å². The molecule has 2 aromatic heterocycles. The second-order valence-corrected chi connectivity index (χ2v) is 7.45. The first-order chi connectivity index (χ1) is 11.8. The fourth-order valence-electron chi connectivity index (χ4n) is 3.49. The topological polar surface area (TPSA) is 58.1 Å². The number of hydrogen-bond donors (Lipinski definition) is 1. The summed E-state index contributed by atoms with van der Waals surface area (Å²) in [6.07, 6.45) is 8.95. The van der Waals surface area contributed by atoms with Crippen molar-refractivity contribution in [2.45, 2.75) is 44.6 Å². The van der Waals surface area contributed by atoms with Crippen LogP contribution in [0, 0.1) is 0 Å². The number of rotatable bonds is 4. The smallest absolute Gasteiger partial charge is 0.270 e. The van der Waals surface area contributed by atoms with Crippen LogP contribution in [0.15, 0.2) is 23.7 Å². The number of nitrogens with one attached hydrogen (secondary N) is 1. The van der Waals surface area contributed by atoms with Crippen molar-refractivity contribution >= 4 is 23.1 Å². The number of pyridine rings is 1. The Morgan fingerprint density at radius 1 is 1.17 bits per heavy atom. The van der Waals surface area contributed by atoms with Crippen LogP contribution in [0.5, 0.6) is 0 Å². The molecule has 2 aliphatic rings. The van der Waals surface area contributed by atoms with E-state index in [0.717, 1.165) is 42.3 Å². The molecule has 0 bridgehead atoms. The number of amides is 1. The summed E-state index contributed by atoms with van der Waals surface area (Å²) in [6, 6.07) is 4.43. The van der Waals surface area contributed by atoms with E-state index in [4.69, 9.17) is 0 Å². The Labute approximate surface area is 146 Å². The lowest BCUT2D eigenvalue weighted by molar-refractivity contribution is 0.0933. The first-order valence-electron chi connectivity index (χ1n) is 8.77. The molecule has 1 aliphatic heterocycles. The first-order valence-corrected chi connectivity index (χ1v) is 9.65. The standard InChI is InChI=1S/C18H22N4OS/c23-17(20-14-5-1-2-6-14)15-12-24-18(21-15)13-7-8-16(19-11-13)22-9-3-4-10-22/h7-8,11-12,14H,1-6,9-10H2,(H,20,23). The van der Waals surface area contributed by atoms with Gasteiger partial charge in [-0.1, -0.05) is 12.8 Å². The van der Waals surface area contributed by atoms with Gasteiger partial charge in [-0.3, -0.25) is 4.79 Å². The van der Waals surface area contributed by atoms with Crippen molar-refractivity contribution < 1.29 is 4.79 Å². The molecule has 0 radical (unpaired) electrons. The van der Waals surface area contributed by atoms with Crippen LogP contribution in [0.3, 0.4) is 0 Å². The summed E-state index contributed by atoms with van der Waals surface area (Å²) in [4.78, 5) is 23.7. The summed E-state index contributed by atoms with van der Waals surface area (Å²) < 4.78 is 0. The third kappa shape index (κ3) is 3.29. The zero-order chi connectivity index (χ0) is 16.4. The molecule has 4 rings (SSSR count). The zero-order valence-corrected chi connectivity index (χ0v) is 14.5. The predicted octanol–water partition coefficient (Wildman–Crippen LogP) is 3.48. The van der Waals surface area contributed by atoms with Crippen molar-refractivity contribution in [3.63, 3.8) is 0 Å². The normalized spacial score (nSPS) is 18.2. The molecular formula is C18H22N4OS. The fourth-order valence-corrected chi connectivity index (χ4v) is 4.28. The SMILES string of the molecule is O=C(NC1CCCC1)c1csc(-c2ccc(N3CCCC3)nc2)n1. The van der Waals surface area contributed by atoms with Crippen LogP contribution in [0.2, 0.25) is 0 Å². The van der Waals surface area contributed by atoms with Gasteiger partial charge in [0.15, 0.2) is 0 Å². The summed E-state index contributed by atoms with van der Waals surface area (Å²) >= 11 is 1.50. The van der Waals surface area contributed by atoms with Gasteiger partial charge in [0.05, 0.1) is 0 Å². The highest BCUT2D eigenvalue weighted by molar-refractivity contribution is 7.13. The number of nitrogens with zero attached hydrogens (tertiary/aromatic N) is 3. The van der Waals surface area contributed by atoms with Crippen LogP contribution in [0.1, 0.15) is 49.0 Å². The molecule has 3 heterocycles. The average molecular weight is 342 g/mol. The maximum Gasteiger partial charge on any atom is 0.270 e. The number of carbonyl (C=O) groups is 1. The highest BCUT2D eigenvalue weighted by Crippen LogP contribution is 2.26. The van der Waals surface area contributed by atoms with Crippen LogP contribution < -0.4 is 10.2 Å². The van der Waals surface area contributed by atoms with Gasteiger partial charge < -0.3 is 10.2 Å². The highest BCUT2D eigenvalue weighted by Gasteiger charge is 2.20. The Balaban J connectivity index is 1.44. The maximum atomic E-state index is 12.3. The van der Waals surface area contributed by atoms with E-state index in [1.165, 1.54) is 37.0 Å². The van der Waals surface area contributed by atoms with Gasteiger partial charge in [0.1, 0.15) is 16.5 Å². The second kappa shape index (κ2) is 6.89. The summed E-state index contributed by atoms with van der Waals surface area (Å²) in [5.74, 6) is 0.984. The number of carbonyl (C=O) groups excluding carboxylic acids is 1. The molecule has 0 aromatic carbocycles. The van der Waals surface area contributed by atoms with E-state index < -0.39 is 0 Å². The van der Waals surface area contributed by atoms with Crippen molar-refractivity contribution in [2.75, 3.05) is 18.0 Å². The van der Waals surface area contributed by atoms with E-state index in [9.17, 15) is 4.79 Å². The van der Waals surface area contributed by atoms with E-state index in [1.807, 2.05) is 11.6 Å². The van der Waals surface area contributed by atoms with E-state index in [0.29, 0.717) is 11.7 Å². The van der Waals surface area contributed by atoms with Crippen molar-refractivity contribution in [3.05, 3.63) is 29.4 Å². The molecule has 6 heteroatoms. The van der Waals surface area contributed by atoms with Gasteiger partial charge in [0.2, 0.25) is 0 Å². The summed E-state index contributed by atoms with van der Waals surface area (Å²) in [5, 5.41) is 5.78. The molecule has 1 aliphatic carbocycles. The predicted molar refractivity (Wildman–Crippen MR) is 96.5 cm³/mol. The number of hydrogen-bond acceptors (Lipinski definition) is 5. The Bertz CT molecular complexity index is 700. The zero-order valence-electron chi connectivity index (χ0n) is 13.7.